The number of pyridine rings is 1. The van der Waals surface area contributed by atoms with Crippen LogP contribution < -0.4 is 9.30 Å². The molecule has 3 aromatic heterocycles. The van der Waals surface area contributed by atoms with Crippen LogP contribution in [0.2, 0.25) is 0 Å². The van der Waals surface area contributed by atoms with E-state index < -0.39 is 161 Å². The smallest absolute Gasteiger partial charge is 0.268 e. The third kappa shape index (κ3) is 10.2. The van der Waals surface area contributed by atoms with E-state index in [4.69, 9.17) is 33.0 Å². The third-order valence-corrected chi connectivity index (χ3v) is 14.1. The van der Waals surface area contributed by atoms with E-state index in [0.29, 0.717) is 38.7 Å². The molecule has 10 aromatic carbocycles. The van der Waals surface area contributed by atoms with Gasteiger partial charge in [0.25, 0.3) is 6.33 Å². The molecule has 0 aliphatic rings. The van der Waals surface area contributed by atoms with Crippen LogP contribution in [0, 0.1) is 32.2 Å². The summed E-state index contributed by atoms with van der Waals surface area (Å²) in [6.45, 7) is 6.26. The zero-order valence-corrected chi connectivity index (χ0v) is 47.3. The average molecular weight is 1270 g/mol. The van der Waals surface area contributed by atoms with E-state index in [-0.39, 0.29) is 77.5 Å². The van der Waals surface area contributed by atoms with Crippen molar-refractivity contribution in [3.8, 4) is 84.3 Å². The van der Waals surface area contributed by atoms with Gasteiger partial charge in [-0.05, 0) is 133 Å². The summed E-state index contributed by atoms with van der Waals surface area (Å²) >= 11 is 0. The van der Waals surface area contributed by atoms with Crippen molar-refractivity contribution in [1.82, 2.24) is 14.1 Å². The number of aryl methyl sites for hydroxylation is 2. The van der Waals surface area contributed by atoms with Gasteiger partial charge in [-0.25, -0.2) is 4.98 Å². The zero-order chi connectivity index (χ0) is 76.2. The number of rotatable bonds is 10. The number of para-hydroxylation sites is 3. The number of nitrogens with zero attached hydrogens (tertiary/aromatic N) is 4. The Morgan fingerprint density at radius 3 is 1.77 bits per heavy atom. The molecule has 3 heterocycles. The number of ether oxygens (including phenoxy) is 1. The molecule has 13 rings (SSSR count). The number of fused-ring (bicyclic) bond motifs is 4. The molecular formula is C76H62N4OPt-2. The molecule has 0 bridgehead atoms. The SMILES string of the molecule is [2H]c1c([2H])c([2H])c(-c2cnc(-n3c4[c-]c(Oc5[c-]c(-n6[c-][n+](-c7c(-c8cc(C(C)(C)C)cc(C(C)(C)C)c8)cc(C([2H])([2H])[2H])cc7-c7c([2H])c(-c8c([2H])c([2H])c([2H])c([2H])c8[2H])c([2H])c(-c8c([2H])c([2H])c([2H])c([2H])c8[2H])c7[2H])c7ccccc76)ccc5)ccc4c4ccccc43)cc2C([2H])([2H])[2H])c([2H])c1[2H].[Pt]. The molecule has 0 aliphatic heterocycles. The van der Waals surface area contributed by atoms with Gasteiger partial charge in [-0.15, -0.1) is 29.7 Å². The Bertz CT molecular complexity index is 5670. The van der Waals surface area contributed by atoms with Gasteiger partial charge in [0.1, 0.15) is 5.82 Å². The van der Waals surface area contributed by atoms with Crippen LogP contribution in [0.15, 0.2) is 230 Å². The number of hydrogen-bond donors (Lipinski definition) is 0. The minimum atomic E-state index is -2.97. The first kappa shape index (κ1) is 32.5. The van der Waals surface area contributed by atoms with Crippen LogP contribution in [0.4, 0.5) is 0 Å². The first-order valence-corrected chi connectivity index (χ1v) is 26.0. The van der Waals surface area contributed by atoms with Crippen molar-refractivity contribution in [3.63, 3.8) is 0 Å². The summed E-state index contributed by atoms with van der Waals surface area (Å²) in [6, 6.07) is 25.2. The Kier molecular flexibility index (Phi) is 8.54. The average Bonchev–Trinajstić information content (AvgIpc) is 1.12. The summed E-state index contributed by atoms with van der Waals surface area (Å²) in [5.74, 6) is 0.390. The molecule has 0 atom stereocenters. The maximum absolute atomic E-state index is 10.4. The van der Waals surface area contributed by atoms with E-state index in [1.807, 2.05) is 65.8 Å². The van der Waals surface area contributed by atoms with E-state index in [0.717, 1.165) is 16.5 Å². The topological polar surface area (TPSA) is 35.9 Å². The summed E-state index contributed by atoms with van der Waals surface area (Å²) in [5.41, 5.74) is -1.30. The van der Waals surface area contributed by atoms with Crippen molar-refractivity contribution < 1.29 is 63.3 Å². The van der Waals surface area contributed by atoms with E-state index in [1.54, 1.807) is 80.4 Å². The largest absolute Gasteiger partial charge is 0.510 e. The monoisotopic (exact) mass is 1270 g/mol. The quantitative estimate of drug-likeness (QED) is 0.101. The number of benzene rings is 10. The summed E-state index contributed by atoms with van der Waals surface area (Å²) in [4.78, 5) is 4.69. The van der Waals surface area contributed by atoms with Gasteiger partial charge < -0.3 is 13.9 Å². The third-order valence-electron chi connectivity index (χ3n) is 14.1. The molecule has 0 unspecified atom stereocenters. The molecule has 13 aromatic rings. The van der Waals surface area contributed by atoms with Crippen LogP contribution >= 0.6 is 0 Å². The van der Waals surface area contributed by atoms with Crippen LogP contribution in [0.5, 0.6) is 11.5 Å². The van der Waals surface area contributed by atoms with E-state index in [9.17, 15) is 9.60 Å². The predicted molar refractivity (Wildman–Crippen MR) is 334 cm³/mol. The van der Waals surface area contributed by atoms with Crippen molar-refractivity contribution in [2.75, 3.05) is 0 Å². The predicted octanol–water partition coefficient (Wildman–Crippen LogP) is 19.1. The molecule has 0 radical (unpaired) electrons. The molecular weight excluding hydrogens is 1180 g/mol. The maximum Gasteiger partial charge on any atom is 0.268 e. The minimum absolute atomic E-state index is 0. The molecule has 5 nitrogen and oxygen atoms in total. The second kappa shape index (κ2) is 21.5. The Hall–Kier alpha value is -8.89. The van der Waals surface area contributed by atoms with Crippen molar-refractivity contribution in [3.05, 3.63) is 271 Å². The van der Waals surface area contributed by atoms with Crippen molar-refractivity contribution in [2.45, 2.75) is 66.1 Å². The van der Waals surface area contributed by atoms with Gasteiger partial charge in [0.15, 0.2) is 0 Å². The number of aromatic nitrogens is 4. The van der Waals surface area contributed by atoms with Gasteiger partial charge in [-0.2, -0.15) is 18.2 Å². The molecule has 0 spiro atoms. The Morgan fingerprint density at radius 1 is 0.524 bits per heavy atom. The Balaban J connectivity index is 0.0000105. The van der Waals surface area contributed by atoms with Crippen molar-refractivity contribution >= 4 is 32.8 Å². The van der Waals surface area contributed by atoms with Gasteiger partial charge in [0, 0.05) is 58.1 Å². The molecule has 0 fully saturated rings. The van der Waals surface area contributed by atoms with Crippen LogP contribution in [-0.4, -0.2) is 14.1 Å². The van der Waals surface area contributed by atoms with E-state index in [2.05, 4.69) is 24.5 Å². The van der Waals surface area contributed by atoms with Gasteiger partial charge in [0.2, 0.25) is 0 Å². The van der Waals surface area contributed by atoms with Crippen LogP contribution in [-0.2, 0) is 31.9 Å². The fourth-order valence-electron chi connectivity index (χ4n) is 10.0. The van der Waals surface area contributed by atoms with Crippen LogP contribution in [0.1, 0.15) is 96.7 Å². The summed E-state index contributed by atoms with van der Waals surface area (Å²) < 4.78 is 227. The van der Waals surface area contributed by atoms with Gasteiger partial charge in [-0.3, -0.25) is 4.57 Å². The Morgan fingerprint density at radius 2 is 1.12 bits per heavy atom. The number of imidazole rings is 1. The van der Waals surface area contributed by atoms with E-state index in [1.165, 1.54) is 24.4 Å². The first-order valence-electron chi connectivity index (χ1n) is 38.0. The molecule has 0 amide bonds. The van der Waals surface area contributed by atoms with E-state index >= 15 is 0 Å². The molecule has 0 N–H and O–H groups in total. The van der Waals surface area contributed by atoms with Crippen molar-refractivity contribution in [1.29, 1.82) is 0 Å². The van der Waals surface area contributed by atoms with Crippen LogP contribution in [0.3, 0.4) is 0 Å². The maximum atomic E-state index is 10.4. The fraction of sp³-hybridized carbons (Fsp3) is 0.132. The molecule has 0 saturated heterocycles. The molecule has 0 saturated carbocycles. The standard InChI is InChI=1S/C76H62N4O.Pt/c1-50-37-66(57-41-55(52-23-12-9-13-24-52)40-56(42-57)53-25-14-10-15-26-53)74(67(38-50)58-43-59(75(3,4)5)45-60(44-58)76(6,7)8)79-49-78(70-33-20-21-34-71(70)79)61-29-22-30-62(46-61)81-63-35-36-65-64-31-18-19-32-69(64)80(72(65)47-63)73-39-51(2)68(48-77-73)54-27-16-11-17-28-54;/h9-45,48H,1-8H3;/q-2;/i1D3,2D3,9D,10D,11D,12D,13D,14D,15D,16D,17D,23D,24D,25D,26D,27D,28D,40D,41D,42D;. The molecule has 82 heavy (non-hydrogen) atoms. The Labute approximate surface area is 529 Å². The van der Waals surface area contributed by atoms with Gasteiger partial charge in [0.05, 0.1) is 41.4 Å². The second-order valence-corrected chi connectivity index (χ2v) is 21.5. The molecule has 404 valence electrons. The van der Waals surface area contributed by atoms with Gasteiger partial charge >= 0.3 is 0 Å². The minimum Gasteiger partial charge on any atom is -0.510 e. The first-order chi connectivity index (χ1) is 49.1. The van der Waals surface area contributed by atoms with Crippen LogP contribution in [0.25, 0.3) is 106 Å². The molecule has 0 aliphatic carbocycles. The second-order valence-electron chi connectivity index (χ2n) is 21.5. The number of hydrogen-bond acceptors (Lipinski definition) is 2. The van der Waals surface area contributed by atoms with Gasteiger partial charge in [-0.1, -0.05) is 216 Å². The fourth-order valence-corrected chi connectivity index (χ4v) is 10.0. The zero-order valence-electron chi connectivity index (χ0n) is 69.1. The summed E-state index contributed by atoms with van der Waals surface area (Å²) in [7, 11) is 0. The summed E-state index contributed by atoms with van der Waals surface area (Å²) in [6.07, 6.45) is 4.67. The van der Waals surface area contributed by atoms with Crippen molar-refractivity contribution in [2.24, 2.45) is 0 Å². The normalized spacial score (nSPS) is 16.3. The molecule has 6 heteroatoms. The summed E-state index contributed by atoms with van der Waals surface area (Å²) in [5, 5.41) is 1.39.